The number of hydrogen-bond donors (Lipinski definition) is 1. The summed E-state index contributed by atoms with van der Waals surface area (Å²) in [5.74, 6) is 1.97. The number of ether oxygens (including phenoxy) is 2. The summed E-state index contributed by atoms with van der Waals surface area (Å²) in [6.45, 7) is 3.87. The van der Waals surface area contributed by atoms with Crippen LogP contribution >= 0.6 is 11.6 Å². The average Bonchev–Trinajstić information content (AvgIpc) is 3.28. The van der Waals surface area contributed by atoms with Crippen molar-refractivity contribution in [3.05, 3.63) is 53.1 Å². The molecule has 172 valence electrons. The first-order valence-corrected chi connectivity index (χ1v) is 11.7. The third-order valence-corrected chi connectivity index (χ3v) is 6.77. The molecule has 0 spiro atoms. The summed E-state index contributed by atoms with van der Waals surface area (Å²) in [5.41, 5.74) is 1.89. The molecule has 0 bridgehead atoms. The molecule has 1 heterocycles. The summed E-state index contributed by atoms with van der Waals surface area (Å²) in [7, 11) is 3.45. The summed E-state index contributed by atoms with van der Waals surface area (Å²) in [6, 6.07) is 13.3. The van der Waals surface area contributed by atoms with Gasteiger partial charge in [0, 0.05) is 25.8 Å². The van der Waals surface area contributed by atoms with Gasteiger partial charge in [0.15, 0.2) is 0 Å². The number of rotatable bonds is 8. The quantitative estimate of drug-likeness (QED) is 0.587. The molecule has 2 fully saturated rings. The average molecular weight is 458 g/mol. The molecular weight excluding hydrogens is 426 g/mol. The molecule has 0 unspecified atom stereocenters. The summed E-state index contributed by atoms with van der Waals surface area (Å²) >= 11 is 6.65. The van der Waals surface area contributed by atoms with Crippen molar-refractivity contribution in [3.63, 3.8) is 0 Å². The monoisotopic (exact) mass is 457 g/mol. The fourth-order valence-electron chi connectivity index (χ4n) is 4.41. The number of halogens is 1. The fourth-order valence-corrected chi connectivity index (χ4v) is 4.64. The van der Waals surface area contributed by atoms with E-state index in [1.165, 1.54) is 12.8 Å². The van der Waals surface area contributed by atoms with E-state index in [2.05, 4.69) is 16.3 Å². The van der Waals surface area contributed by atoms with Crippen molar-refractivity contribution in [1.82, 2.24) is 9.80 Å². The van der Waals surface area contributed by atoms with Gasteiger partial charge >= 0.3 is 6.03 Å². The van der Waals surface area contributed by atoms with Gasteiger partial charge in [0.2, 0.25) is 0 Å². The third-order valence-electron chi connectivity index (χ3n) is 6.34. The van der Waals surface area contributed by atoms with E-state index in [-0.39, 0.29) is 12.1 Å². The van der Waals surface area contributed by atoms with Crippen molar-refractivity contribution >= 4 is 23.3 Å². The van der Waals surface area contributed by atoms with Gasteiger partial charge in [-0.25, -0.2) is 4.79 Å². The minimum absolute atomic E-state index is 0.114. The normalized spacial score (nSPS) is 20.5. The van der Waals surface area contributed by atoms with Gasteiger partial charge in [0.25, 0.3) is 0 Å². The molecule has 4 rings (SSSR count). The second-order valence-corrected chi connectivity index (χ2v) is 9.21. The Balaban J connectivity index is 1.22. The summed E-state index contributed by atoms with van der Waals surface area (Å²) in [4.78, 5) is 16.6. The minimum Gasteiger partial charge on any atom is -0.497 e. The SMILES string of the molecule is COc1ccc(NC(=O)N(C)CC2CC(Oc3cccc(CN4CCCC4)c3Cl)C2)cc1. The van der Waals surface area contributed by atoms with E-state index in [0.29, 0.717) is 12.5 Å². The molecule has 2 aromatic carbocycles. The molecule has 1 N–H and O–H groups in total. The van der Waals surface area contributed by atoms with Crippen LogP contribution < -0.4 is 14.8 Å². The number of carbonyl (C=O) groups excluding carboxylic acids is 1. The number of nitrogens with zero attached hydrogens (tertiary/aromatic N) is 2. The number of benzene rings is 2. The van der Waals surface area contributed by atoms with Crippen molar-refractivity contribution in [1.29, 1.82) is 0 Å². The van der Waals surface area contributed by atoms with E-state index in [1.807, 2.05) is 43.4 Å². The Labute approximate surface area is 195 Å². The van der Waals surface area contributed by atoms with E-state index < -0.39 is 0 Å². The lowest BCUT2D eigenvalue weighted by Crippen LogP contribution is -2.43. The second kappa shape index (κ2) is 10.5. The molecule has 7 heteroatoms. The molecule has 1 aliphatic heterocycles. The largest absolute Gasteiger partial charge is 0.497 e. The maximum absolute atomic E-state index is 12.5. The van der Waals surface area contributed by atoms with Gasteiger partial charge in [-0.3, -0.25) is 4.90 Å². The van der Waals surface area contributed by atoms with Crippen LogP contribution in [0.4, 0.5) is 10.5 Å². The van der Waals surface area contributed by atoms with Crippen molar-refractivity contribution in [2.75, 3.05) is 39.1 Å². The zero-order valence-corrected chi connectivity index (χ0v) is 19.6. The number of nitrogens with one attached hydrogen (secondary N) is 1. The standard InChI is InChI=1S/C25H32ClN3O3/c1-28(25(30)27-20-8-10-21(31-2)11-9-20)16-18-14-22(15-18)32-23-7-5-6-19(24(23)26)17-29-12-3-4-13-29/h5-11,18,22H,3-4,12-17H2,1-2H3,(H,27,30). The number of likely N-dealkylation sites (tertiary alicyclic amines) is 1. The number of anilines is 1. The molecule has 2 aromatic rings. The topological polar surface area (TPSA) is 54.0 Å². The molecule has 0 radical (unpaired) electrons. The van der Waals surface area contributed by atoms with E-state index >= 15 is 0 Å². The predicted octanol–water partition coefficient (Wildman–Crippen LogP) is 5.27. The number of urea groups is 1. The lowest BCUT2D eigenvalue weighted by Gasteiger charge is -2.37. The highest BCUT2D eigenvalue weighted by atomic mass is 35.5. The number of methoxy groups -OCH3 is 1. The molecule has 2 aliphatic rings. The Kier molecular flexibility index (Phi) is 7.43. The highest BCUT2D eigenvalue weighted by Gasteiger charge is 2.33. The van der Waals surface area contributed by atoms with Gasteiger partial charge in [-0.15, -0.1) is 0 Å². The zero-order valence-electron chi connectivity index (χ0n) is 18.9. The van der Waals surface area contributed by atoms with Crippen LogP contribution in [0.15, 0.2) is 42.5 Å². The van der Waals surface area contributed by atoms with E-state index in [0.717, 1.165) is 60.2 Å². The Morgan fingerprint density at radius 1 is 1.16 bits per heavy atom. The molecule has 1 saturated heterocycles. The van der Waals surface area contributed by atoms with Gasteiger partial charge < -0.3 is 19.7 Å². The van der Waals surface area contributed by atoms with Crippen molar-refractivity contribution in [3.8, 4) is 11.5 Å². The maximum Gasteiger partial charge on any atom is 0.321 e. The zero-order chi connectivity index (χ0) is 22.5. The second-order valence-electron chi connectivity index (χ2n) is 8.83. The van der Waals surface area contributed by atoms with Crippen LogP contribution in [-0.2, 0) is 6.54 Å². The lowest BCUT2D eigenvalue weighted by molar-refractivity contribution is 0.0532. The van der Waals surface area contributed by atoms with Crippen molar-refractivity contribution in [2.24, 2.45) is 5.92 Å². The Morgan fingerprint density at radius 3 is 2.56 bits per heavy atom. The first kappa shape index (κ1) is 22.7. The predicted molar refractivity (Wildman–Crippen MR) is 128 cm³/mol. The molecule has 32 heavy (non-hydrogen) atoms. The smallest absolute Gasteiger partial charge is 0.321 e. The Morgan fingerprint density at radius 2 is 1.88 bits per heavy atom. The molecule has 6 nitrogen and oxygen atoms in total. The molecular formula is C25H32ClN3O3. The molecule has 1 saturated carbocycles. The van der Waals surface area contributed by atoms with Gasteiger partial charge in [-0.1, -0.05) is 23.7 Å². The van der Waals surface area contributed by atoms with Crippen LogP contribution in [0.25, 0.3) is 0 Å². The molecule has 0 aromatic heterocycles. The highest BCUT2D eigenvalue weighted by molar-refractivity contribution is 6.32. The van der Waals surface area contributed by atoms with Gasteiger partial charge in [-0.05, 0) is 80.6 Å². The Hall–Kier alpha value is -2.44. The van der Waals surface area contributed by atoms with Crippen LogP contribution in [0.3, 0.4) is 0 Å². The van der Waals surface area contributed by atoms with Crippen LogP contribution in [0, 0.1) is 5.92 Å². The number of amides is 2. The molecule has 2 amide bonds. The Bertz CT molecular complexity index is 909. The van der Waals surface area contributed by atoms with Crippen LogP contribution in [0.2, 0.25) is 5.02 Å². The fraction of sp³-hybridized carbons (Fsp3) is 0.480. The summed E-state index contributed by atoms with van der Waals surface area (Å²) < 4.78 is 11.3. The van der Waals surface area contributed by atoms with Crippen LogP contribution in [0.1, 0.15) is 31.2 Å². The third kappa shape index (κ3) is 5.67. The molecule has 0 atom stereocenters. The molecule has 1 aliphatic carbocycles. The van der Waals surface area contributed by atoms with Gasteiger partial charge in [0.05, 0.1) is 18.2 Å². The summed E-state index contributed by atoms with van der Waals surface area (Å²) in [6.07, 6.45) is 4.53. The van der Waals surface area contributed by atoms with Crippen LogP contribution in [-0.4, -0.2) is 55.7 Å². The number of hydrogen-bond acceptors (Lipinski definition) is 4. The van der Waals surface area contributed by atoms with Crippen molar-refractivity contribution in [2.45, 2.75) is 38.3 Å². The van der Waals surface area contributed by atoms with Crippen LogP contribution in [0.5, 0.6) is 11.5 Å². The minimum atomic E-state index is -0.114. The van der Waals surface area contributed by atoms with Gasteiger partial charge in [-0.2, -0.15) is 0 Å². The van der Waals surface area contributed by atoms with E-state index in [9.17, 15) is 4.79 Å². The summed E-state index contributed by atoms with van der Waals surface area (Å²) in [5, 5.41) is 3.65. The maximum atomic E-state index is 12.5. The first-order valence-electron chi connectivity index (χ1n) is 11.3. The van der Waals surface area contributed by atoms with Gasteiger partial charge in [0.1, 0.15) is 11.5 Å². The number of carbonyl (C=O) groups is 1. The van der Waals surface area contributed by atoms with E-state index in [4.69, 9.17) is 21.1 Å². The first-order chi connectivity index (χ1) is 15.5. The lowest BCUT2D eigenvalue weighted by atomic mass is 9.82. The highest BCUT2D eigenvalue weighted by Crippen LogP contribution is 2.36. The van der Waals surface area contributed by atoms with Crippen molar-refractivity contribution < 1.29 is 14.3 Å². The van der Waals surface area contributed by atoms with E-state index in [1.54, 1.807) is 12.0 Å².